The third-order valence-corrected chi connectivity index (χ3v) is 6.19. The molecule has 1 unspecified atom stereocenters. The lowest BCUT2D eigenvalue weighted by Gasteiger charge is -2.37. The van der Waals surface area contributed by atoms with Crippen LogP contribution in [0.25, 0.3) is 11.1 Å². The van der Waals surface area contributed by atoms with E-state index < -0.39 is 174 Å². The van der Waals surface area contributed by atoms with E-state index in [1.54, 1.807) is 0 Å². The van der Waals surface area contributed by atoms with Crippen LogP contribution in [0.3, 0.4) is 0 Å². The number of amides is 2. The molecular weight excluding hydrogens is 516 g/mol. The second-order valence-corrected chi connectivity index (χ2v) is 8.82. The van der Waals surface area contributed by atoms with E-state index in [-0.39, 0.29) is 4.90 Å². The van der Waals surface area contributed by atoms with Crippen LogP contribution in [0.4, 0.5) is 11.4 Å². The lowest BCUT2D eigenvalue weighted by atomic mass is 9.90. The quantitative estimate of drug-likeness (QED) is 0.339. The number of fused-ring (bicyclic) bond motifs is 1. The first-order valence-electron chi connectivity index (χ1n) is 21.6. The number of anilines is 2. The van der Waals surface area contributed by atoms with Crippen molar-refractivity contribution in [3.8, 4) is 0 Å². The van der Waals surface area contributed by atoms with Gasteiger partial charge in [0, 0.05) is 59.1 Å². The number of ether oxygens (including phenoxy) is 1. The van der Waals surface area contributed by atoms with Gasteiger partial charge in [-0.2, -0.15) is 0 Å². The van der Waals surface area contributed by atoms with E-state index in [1.807, 2.05) is 0 Å². The van der Waals surface area contributed by atoms with Crippen LogP contribution in [0.5, 0.6) is 0 Å². The first-order valence-corrected chi connectivity index (χ1v) is 12.1. The maximum Gasteiger partial charge on any atom is 0.337 e. The van der Waals surface area contributed by atoms with Crippen molar-refractivity contribution in [1.82, 2.24) is 9.80 Å². The summed E-state index contributed by atoms with van der Waals surface area (Å²) in [5.74, 6) is -3.59. The first kappa shape index (κ1) is 13.1. The van der Waals surface area contributed by atoms with Gasteiger partial charge in [-0.3, -0.25) is 14.5 Å². The molecule has 8 heteroatoms. The summed E-state index contributed by atoms with van der Waals surface area (Å²) >= 11 is 0. The minimum atomic E-state index is -3.25. The number of methoxy groups -OCH3 is 1. The molecule has 0 aliphatic carbocycles. The van der Waals surface area contributed by atoms with E-state index in [4.69, 9.17) is 26.0 Å². The highest BCUT2D eigenvalue weighted by atomic mass is 16.5. The smallest absolute Gasteiger partial charge is 0.337 e. The first-order chi connectivity index (χ1) is 27.4. The Kier molecular flexibility index (Phi) is 3.87. The normalized spacial score (nSPS) is 30.5. The molecule has 1 N–H and O–H groups in total. The molecule has 3 aromatic carbocycles. The summed E-state index contributed by atoms with van der Waals surface area (Å²) in [6.07, 6.45) is -0.943. The number of rotatable bonds is 7. The number of hydrogen-bond donors (Lipinski definition) is 1. The van der Waals surface area contributed by atoms with Crippen LogP contribution in [-0.2, 0) is 20.7 Å². The van der Waals surface area contributed by atoms with E-state index >= 15 is 0 Å². The Morgan fingerprint density at radius 3 is 2.54 bits per heavy atom. The highest BCUT2D eigenvalue weighted by molar-refractivity contribution is 6.37. The van der Waals surface area contributed by atoms with Crippen LogP contribution in [-0.4, -0.2) is 80.8 Å². The highest BCUT2D eigenvalue weighted by Gasteiger charge is 2.29. The Labute approximate surface area is 267 Å². The van der Waals surface area contributed by atoms with Crippen molar-refractivity contribution in [2.45, 2.75) is 19.4 Å². The molecule has 1 atom stereocenters. The average molecular weight is 572 g/mol. The fourth-order valence-electron chi connectivity index (χ4n) is 3.90. The van der Waals surface area contributed by atoms with Crippen LogP contribution < -0.4 is 10.2 Å². The Morgan fingerprint density at radius 2 is 1.83 bits per heavy atom. The van der Waals surface area contributed by atoms with Crippen molar-refractivity contribution in [3.63, 3.8) is 0 Å². The van der Waals surface area contributed by atoms with Crippen molar-refractivity contribution >= 4 is 40.3 Å². The minimum absolute atomic E-state index is 0.193. The molecule has 8 nitrogen and oxygen atoms in total. The monoisotopic (exact) mass is 571 g/mol. The van der Waals surface area contributed by atoms with Gasteiger partial charge in [0.25, 0.3) is 5.91 Å². The second-order valence-electron chi connectivity index (χ2n) is 8.82. The predicted octanol–water partition coefficient (Wildman–Crippen LogP) is 4.18. The summed E-state index contributed by atoms with van der Waals surface area (Å²) in [5.41, 5.74) is -4.91. The molecule has 1 saturated heterocycles. The van der Waals surface area contributed by atoms with E-state index in [9.17, 15) is 14.4 Å². The van der Waals surface area contributed by atoms with Gasteiger partial charge in [0.1, 0.15) is 0 Å². The van der Waals surface area contributed by atoms with Gasteiger partial charge in [-0.1, -0.05) is 48.3 Å². The van der Waals surface area contributed by atoms with Gasteiger partial charge in [0.2, 0.25) is 5.91 Å². The van der Waals surface area contributed by atoms with Crippen LogP contribution in [0, 0.1) is 0 Å². The summed E-state index contributed by atoms with van der Waals surface area (Å²) in [7, 11) is 2.93. The fourth-order valence-corrected chi connectivity index (χ4v) is 3.90. The van der Waals surface area contributed by atoms with Crippen molar-refractivity contribution in [2.75, 3.05) is 57.5 Å². The van der Waals surface area contributed by atoms with E-state index in [0.29, 0.717) is 9.80 Å². The minimum Gasteiger partial charge on any atom is -0.465 e. The van der Waals surface area contributed by atoms with Crippen LogP contribution >= 0.6 is 0 Å². The summed E-state index contributed by atoms with van der Waals surface area (Å²) in [4.78, 5) is 41.4. The zero-order valence-corrected chi connectivity index (χ0v) is 22.4. The molecule has 3 aromatic rings. The van der Waals surface area contributed by atoms with Gasteiger partial charge < -0.3 is 19.9 Å². The third-order valence-electron chi connectivity index (χ3n) is 6.19. The number of piperazine rings is 1. The predicted molar refractivity (Wildman–Crippen MR) is 162 cm³/mol. The van der Waals surface area contributed by atoms with E-state index in [0.717, 1.165) is 28.1 Å². The molecule has 212 valence electrons. The number of nitrogens with zero attached hydrogens (tertiary/aromatic N) is 3. The molecule has 2 aliphatic heterocycles. The van der Waals surface area contributed by atoms with Crippen LogP contribution in [0.2, 0.25) is 0 Å². The van der Waals surface area contributed by atoms with Gasteiger partial charge in [-0.15, -0.1) is 0 Å². The Hall–Kier alpha value is -4.27. The Balaban J connectivity index is 1.73. The van der Waals surface area contributed by atoms with Gasteiger partial charge in [-0.05, 0) is 61.3 Å². The number of esters is 1. The zero-order chi connectivity index (χ0) is 45.8. The number of carbonyl (C=O) groups is 3. The van der Waals surface area contributed by atoms with Gasteiger partial charge >= 0.3 is 5.97 Å². The maximum absolute atomic E-state index is 13.9. The number of likely N-dealkylation sites (N-methyl/N-ethyl adjacent to an activating group) is 2. The molecule has 0 aromatic heterocycles. The largest absolute Gasteiger partial charge is 0.465 e. The molecule has 0 bridgehead atoms. The van der Waals surface area contributed by atoms with Crippen molar-refractivity contribution in [2.24, 2.45) is 0 Å². The summed E-state index contributed by atoms with van der Waals surface area (Å²) in [6, 6.07) is -13.0. The number of benzene rings is 3. The topological polar surface area (TPSA) is 82.2 Å². The SMILES string of the molecule is [2H]c1c([2H])c([2H])c(/C(Cc2c([2H])c([2H])c(N(C)C(=O)CN3C([2H])([2H])C([2H])([2H])N(C)C([2H])(C)C3([2H])[2H])c([2H])c2[2H])=C2/C(=O)Nc3c([2H])c(C(=O)OC)c([2H])c([2H])c32)c([2H])c1[2H]. The average Bonchev–Trinajstić information content (AvgIpc) is 3.53. The molecule has 1 fully saturated rings. The maximum atomic E-state index is 13.9. The number of carbonyl (C=O) groups excluding carboxylic acids is 3. The van der Waals surface area contributed by atoms with Crippen molar-refractivity contribution < 1.29 is 45.2 Å². The summed E-state index contributed by atoms with van der Waals surface area (Å²) in [5, 5.41) is 2.31. The molecule has 2 aliphatic rings. The number of nitrogens with one attached hydrogen (secondary N) is 1. The molecule has 5 rings (SSSR count). The van der Waals surface area contributed by atoms with Gasteiger partial charge in [0.05, 0.1) is 41.2 Å². The summed E-state index contributed by atoms with van der Waals surface area (Å²) < 4.78 is 168. The standard InChI is InChI=1S/C33H36N4O4/c1-22-20-37(17-16-35(22)2)21-30(38)36(3)26-13-10-23(11-14-26)18-28(24-8-6-5-7-9-24)31-27-15-12-25(33(40)41-4)19-29(27)34-32(31)39/h5-15,19,22H,16-18,20-21H2,1-4H3,(H,34,39)/b31-28+/i5D,6D,7D,8D,9D,10D,11D,12D,13D,14D,15D,16D2,17D2,19D,20D2,22D. The zero-order valence-electron chi connectivity index (χ0n) is 41.4. The Morgan fingerprint density at radius 1 is 1.10 bits per heavy atom. The van der Waals surface area contributed by atoms with Crippen LogP contribution in [0.1, 0.15) is 60.0 Å². The molecule has 0 saturated carbocycles. The highest BCUT2D eigenvalue weighted by Crippen LogP contribution is 2.39. The van der Waals surface area contributed by atoms with Crippen LogP contribution in [0.15, 0.2) is 72.5 Å². The van der Waals surface area contributed by atoms with Gasteiger partial charge in [0.15, 0.2) is 0 Å². The van der Waals surface area contributed by atoms with Crippen molar-refractivity contribution in [3.05, 3.63) is 94.8 Å². The molecule has 2 amide bonds. The summed E-state index contributed by atoms with van der Waals surface area (Å²) in [6.45, 7) is -9.60. The van der Waals surface area contributed by atoms with Gasteiger partial charge in [-0.25, -0.2) is 4.79 Å². The molecule has 2 heterocycles. The molecule has 41 heavy (non-hydrogen) atoms. The number of allylic oxidation sites excluding steroid dienone is 1. The fraction of sp³-hybridized carbons (Fsp3) is 0.303. The molecule has 0 radical (unpaired) electrons. The number of hydrogen-bond acceptors (Lipinski definition) is 6. The Bertz CT molecular complexity index is 2370. The molecule has 0 spiro atoms. The molecular formula is C33H36N4O4. The second kappa shape index (κ2) is 12.1. The van der Waals surface area contributed by atoms with E-state index in [1.165, 1.54) is 0 Å². The van der Waals surface area contributed by atoms with E-state index in [2.05, 4.69) is 10.1 Å². The van der Waals surface area contributed by atoms with Crippen molar-refractivity contribution in [1.29, 1.82) is 0 Å². The lowest BCUT2D eigenvalue weighted by molar-refractivity contribution is -0.120. The lowest BCUT2D eigenvalue weighted by Crippen LogP contribution is -2.52. The third kappa shape index (κ3) is 6.09.